The molecule has 1 heterocycles. The van der Waals surface area contributed by atoms with Gasteiger partial charge in [-0.15, -0.1) is 11.3 Å². The number of phenols is 1. The molecule has 0 amide bonds. The van der Waals surface area contributed by atoms with Crippen molar-refractivity contribution in [2.45, 2.75) is 31.7 Å². The lowest BCUT2D eigenvalue weighted by atomic mass is 10.1. The summed E-state index contributed by atoms with van der Waals surface area (Å²) >= 11 is 7.27. The molecule has 0 aliphatic heterocycles. The van der Waals surface area contributed by atoms with Crippen molar-refractivity contribution >= 4 is 38.8 Å². The number of phenolic OH excluding ortho intramolecular Hbond substituents is 1. The molecule has 2 rings (SSSR count). The van der Waals surface area contributed by atoms with Gasteiger partial charge in [-0.3, -0.25) is 5.41 Å². The summed E-state index contributed by atoms with van der Waals surface area (Å²) in [6.45, 7) is 4.50. The molecule has 1 aromatic carbocycles. The van der Waals surface area contributed by atoms with E-state index in [9.17, 15) is 13.5 Å². The van der Waals surface area contributed by atoms with Crippen LogP contribution in [-0.4, -0.2) is 30.2 Å². The van der Waals surface area contributed by atoms with Gasteiger partial charge in [-0.1, -0.05) is 25.4 Å². The summed E-state index contributed by atoms with van der Waals surface area (Å²) in [5.74, 6) is -0.314. The van der Waals surface area contributed by atoms with Crippen molar-refractivity contribution in [2.24, 2.45) is 11.7 Å². The molecule has 0 aliphatic carbocycles. The number of amidine groups is 1. The number of rotatable bonds is 8. The first-order valence-electron chi connectivity index (χ1n) is 8.03. The SMILES string of the molecule is CC(C)CCN(Cc1ccc(Cl)s1)S(=O)(=O)c1cc(C(=N)N)ccc1O. The molecule has 0 aliphatic rings. The van der Waals surface area contributed by atoms with Crippen molar-refractivity contribution in [3.8, 4) is 5.75 Å². The zero-order chi connectivity index (χ0) is 19.5. The molecule has 0 fully saturated rings. The van der Waals surface area contributed by atoms with Crippen molar-refractivity contribution in [3.63, 3.8) is 0 Å². The Morgan fingerprint density at radius 2 is 2.04 bits per heavy atom. The number of thiophene rings is 1. The number of aromatic hydroxyl groups is 1. The van der Waals surface area contributed by atoms with E-state index >= 15 is 0 Å². The zero-order valence-electron chi connectivity index (χ0n) is 14.6. The van der Waals surface area contributed by atoms with Crippen LogP contribution in [0.5, 0.6) is 5.75 Å². The van der Waals surface area contributed by atoms with Crippen LogP contribution in [0.3, 0.4) is 0 Å². The number of sulfonamides is 1. The molecule has 4 N–H and O–H groups in total. The number of benzene rings is 1. The Labute approximate surface area is 162 Å². The van der Waals surface area contributed by atoms with E-state index in [2.05, 4.69) is 0 Å². The largest absolute Gasteiger partial charge is 0.507 e. The predicted molar refractivity (Wildman–Crippen MR) is 106 cm³/mol. The highest BCUT2D eigenvalue weighted by Gasteiger charge is 2.28. The Bertz CT molecular complexity index is 894. The maximum absolute atomic E-state index is 13.2. The summed E-state index contributed by atoms with van der Waals surface area (Å²) in [7, 11) is -3.98. The molecular weight excluding hydrogens is 394 g/mol. The van der Waals surface area contributed by atoms with Crippen LogP contribution in [0.2, 0.25) is 4.34 Å². The molecule has 0 bridgehead atoms. The first-order chi connectivity index (χ1) is 12.1. The minimum atomic E-state index is -3.98. The maximum atomic E-state index is 13.2. The molecule has 0 radical (unpaired) electrons. The number of nitrogens with two attached hydrogens (primary N) is 1. The fourth-order valence-electron chi connectivity index (χ4n) is 2.32. The highest BCUT2D eigenvalue weighted by molar-refractivity contribution is 7.89. The Morgan fingerprint density at radius 3 is 2.58 bits per heavy atom. The van der Waals surface area contributed by atoms with E-state index in [1.54, 1.807) is 12.1 Å². The van der Waals surface area contributed by atoms with Crippen molar-refractivity contribution in [3.05, 3.63) is 45.1 Å². The number of hydrogen-bond donors (Lipinski definition) is 3. The first kappa shape index (κ1) is 20.7. The molecule has 142 valence electrons. The Kier molecular flexibility index (Phi) is 6.68. The summed E-state index contributed by atoms with van der Waals surface area (Å²) in [6, 6.07) is 7.40. The van der Waals surface area contributed by atoms with E-state index < -0.39 is 10.0 Å². The lowest BCUT2D eigenvalue weighted by Crippen LogP contribution is -2.32. The third-order valence-electron chi connectivity index (χ3n) is 3.81. The second kappa shape index (κ2) is 8.39. The molecule has 0 atom stereocenters. The summed E-state index contributed by atoms with van der Waals surface area (Å²) < 4.78 is 28.3. The second-order valence-corrected chi connectivity index (χ2v) is 10.0. The molecule has 0 spiro atoms. The topological polar surface area (TPSA) is 107 Å². The average Bonchev–Trinajstić information content (AvgIpc) is 2.96. The predicted octanol–water partition coefficient (Wildman–Crippen LogP) is 3.63. The van der Waals surface area contributed by atoms with Crippen molar-refractivity contribution in [2.75, 3.05) is 6.54 Å². The van der Waals surface area contributed by atoms with Crippen LogP contribution in [0.25, 0.3) is 0 Å². The van der Waals surface area contributed by atoms with Gasteiger partial charge in [-0.05, 0) is 42.7 Å². The van der Waals surface area contributed by atoms with E-state index in [1.807, 2.05) is 13.8 Å². The smallest absolute Gasteiger partial charge is 0.247 e. The summed E-state index contributed by atoms with van der Waals surface area (Å²) in [6.07, 6.45) is 0.672. The molecular formula is C17H22ClN3O3S2. The van der Waals surface area contributed by atoms with Crippen molar-refractivity contribution in [1.29, 1.82) is 5.41 Å². The molecule has 0 saturated carbocycles. The van der Waals surface area contributed by atoms with Gasteiger partial charge in [-0.2, -0.15) is 4.31 Å². The molecule has 0 unspecified atom stereocenters. The second-order valence-electron chi connectivity index (χ2n) is 6.32. The Hall–Kier alpha value is -1.61. The minimum absolute atomic E-state index is 0.163. The highest BCUT2D eigenvalue weighted by Crippen LogP contribution is 2.30. The van der Waals surface area contributed by atoms with Crippen LogP contribution in [0.1, 0.15) is 30.7 Å². The molecule has 26 heavy (non-hydrogen) atoms. The lowest BCUT2D eigenvalue weighted by molar-refractivity contribution is 0.374. The van der Waals surface area contributed by atoms with Crippen molar-refractivity contribution in [1.82, 2.24) is 4.31 Å². The van der Waals surface area contributed by atoms with Gasteiger partial charge in [0.25, 0.3) is 0 Å². The molecule has 9 heteroatoms. The van der Waals surface area contributed by atoms with Crippen LogP contribution in [-0.2, 0) is 16.6 Å². The van der Waals surface area contributed by atoms with E-state index in [-0.39, 0.29) is 28.6 Å². The van der Waals surface area contributed by atoms with Crippen LogP contribution in [0.15, 0.2) is 35.2 Å². The van der Waals surface area contributed by atoms with Gasteiger partial charge in [0.05, 0.1) is 4.34 Å². The maximum Gasteiger partial charge on any atom is 0.247 e. The third-order valence-corrected chi connectivity index (χ3v) is 6.90. The lowest BCUT2D eigenvalue weighted by Gasteiger charge is -2.23. The summed E-state index contributed by atoms with van der Waals surface area (Å²) in [5.41, 5.74) is 5.70. The van der Waals surface area contributed by atoms with Crippen LogP contribution < -0.4 is 5.73 Å². The van der Waals surface area contributed by atoms with E-state index in [0.29, 0.717) is 23.2 Å². The van der Waals surface area contributed by atoms with Gasteiger partial charge in [0, 0.05) is 23.5 Å². The number of nitrogens with one attached hydrogen (secondary N) is 1. The van der Waals surface area contributed by atoms with E-state index in [1.165, 1.54) is 33.8 Å². The van der Waals surface area contributed by atoms with E-state index in [4.69, 9.17) is 22.7 Å². The number of hydrogen-bond acceptors (Lipinski definition) is 5. The minimum Gasteiger partial charge on any atom is -0.507 e. The van der Waals surface area contributed by atoms with Gasteiger partial charge in [-0.25, -0.2) is 8.42 Å². The quantitative estimate of drug-likeness (QED) is 0.452. The molecule has 0 saturated heterocycles. The molecule has 1 aromatic heterocycles. The molecule has 6 nitrogen and oxygen atoms in total. The van der Waals surface area contributed by atoms with Crippen LogP contribution >= 0.6 is 22.9 Å². The average molecular weight is 416 g/mol. The fourth-order valence-corrected chi connectivity index (χ4v) is 5.05. The number of nitrogen functional groups attached to an aromatic ring is 1. The van der Waals surface area contributed by atoms with Crippen molar-refractivity contribution < 1.29 is 13.5 Å². The summed E-state index contributed by atoms with van der Waals surface area (Å²) in [4.78, 5) is 0.557. The fraction of sp³-hybridized carbons (Fsp3) is 0.353. The zero-order valence-corrected chi connectivity index (χ0v) is 17.0. The highest BCUT2D eigenvalue weighted by atomic mass is 35.5. The van der Waals surface area contributed by atoms with Crippen LogP contribution in [0, 0.1) is 11.3 Å². The van der Waals surface area contributed by atoms with E-state index in [0.717, 1.165) is 4.88 Å². The standard InChI is InChI=1S/C17H22ClN3O3S2/c1-11(2)7-8-21(10-13-4-6-16(18)25-13)26(23,24)15-9-12(17(19)20)3-5-14(15)22/h3-6,9,11,22H,7-8,10H2,1-2H3,(H3,19,20). The Morgan fingerprint density at radius 1 is 1.35 bits per heavy atom. The van der Waals surface area contributed by atoms with Gasteiger partial charge in [0.1, 0.15) is 16.5 Å². The summed E-state index contributed by atoms with van der Waals surface area (Å²) in [5, 5.41) is 17.6. The number of halogens is 1. The van der Waals surface area contributed by atoms with Gasteiger partial charge >= 0.3 is 0 Å². The molecule has 2 aromatic rings. The normalized spacial score (nSPS) is 12.0. The van der Waals surface area contributed by atoms with Gasteiger partial charge in [0.2, 0.25) is 10.0 Å². The third kappa shape index (κ3) is 4.97. The Balaban J connectivity index is 2.43. The van der Waals surface area contributed by atoms with Gasteiger partial charge in [0.15, 0.2) is 0 Å². The van der Waals surface area contributed by atoms with Crippen LogP contribution in [0.4, 0.5) is 0 Å². The number of nitrogens with zero attached hydrogens (tertiary/aromatic N) is 1. The monoisotopic (exact) mass is 415 g/mol. The van der Waals surface area contributed by atoms with Gasteiger partial charge < -0.3 is 10.8 Å². The first-order valence-corrected chi connectivity index (χ1v) is 10.7.